The summed E-state index contributed by atoms with van der Waals surface area (Å²) < 4.78 is 0. The molecule has 0 saturated carbocycles. The van der Waals surface area contributed by atoms with Gasteiger partial charge >= 0.3 is 0 Å². The van der Waals surface area contributed by atoms with Crippen LogP contribution in [0.25, 0.3) is 11.1 Å². The molecule has 1 atom stereocenters. The average Bonchev–Trinajstić information content (AvgIpc) is 2.75. The van der Waals surface area contributed by atoms with Gasteiger partial charge in [0.2, 0.25) is 0 Å². The van der Waals surface area contributed by atoms with Crippen molar-refractivity contribution in [2.75, 3.05) is 19.6 Å². The third kappa shape index (κ3) is 4.40. The summed E-state index contributed by atoms with van der Waals surface area (Å²) in [5.74, 6) is 0.495. The first-order valence-corrected chi connectivity index (χ1v) is 10.9. The molecule has 3 aromatic carbocycles. The summed E-state index contributed by atoms with van der Waals surface area (Å²) in [5.41, 5.74) is 6.68. The number of hydrogen-bond donors (Lipinski definition) is 1. The number of benzene rings is 3. The van der Waals surface area contributed by atoms with Crippen molar-refractivity contribution >= 4 is 11.6 Å². The molecule has 4 rings (SSSR count). The average molecular weight is 405 g/mol. The quantitative estimate of drug-likeness (QED) is 0.538. The van der Waals surface area contributed by atoms with E-state index in [0.717, 1.165) is 31.2 Å². The molecule has 0 spiro atoms. The van der Waals surface area contributed by atoms with Gasteiger partial charge in [-0.05, 0) is 39.8 Å². The fraction of sp³-hybridized carbons (Fsp3) is 0.308. The number of rotatable bonds is 5. The summed E-state index contributed by atoms with van der Waals surface area (Å²) in [7, 11) is 0. The van der Waals surface area contributed by atoms with Crippen LogP contribution >= 0.6 is 11.6 Å². The summed E-state index contributed by atoms with van der Waals surface area (Å²) >= 11 is 6.55. The van der Waals surface area contributed by atoms with Crippen LogP contribution in [0.3, 0.4) is 0 Å². The standard InChI is InChI=1S/C26H29ClN2/c1-19(2)21-10-5-6-12-23(21)22-11-4-3-9-20(22)18-29-16-15-28-17-26(29)24-13-7-8-14-25(24)27/h3-14,19,26,28H,15-18H2,1-2H3. The van der Waals surface area contributed by atoms with E-state index >= 15 is 0 Å². The Labute approximate surface area is 179 Å². The van der Waals surface area contributed by atoms with Gasteiger partial charge in [-0.2, -0.15) is 0 Å². The Balaban J connectivity index is 1.69. The molecular weight excluding hydrogens is 376 g/mol. The lowest BCUT2D eigenvalue weighted by Crippen LogP contribution is -2.45. The van der Waals surface area contributed by atoms with Crippen LogP contribution in [0.15, 0.2) is 72.8 Å². The minimum Gasteiger partial charge on any atom is -0.314 e. The molecule has 2 nitrogen and oxygen atoms in total. The molecule has 1 aliphatic heterocycles. The van der Waals surface area contributed by atoms with Gasteiger partial charge in [-0.25, -0.2) is 0 Å². The largest absolute Gasteiger partial charge is 0.314 e. The highest BCUT2D eigenvalue weighted by Gasteiger charge is 2.26. The summed E-state index contributed by atoms with van der Waals surface area (Å²) in [4.78, 5) is 2.56. The molecule has 0 aliphatic carbocycles. The van der Waals surface area contributed by atoms with E-state index in [1.165, 1.54) is 27.8 Å². The van der Waals surface area contributed by atoms with Gasteiger partial charge in [0.15, 0.2) is 0 Å². The third-order valence-corrected chi connectivity index (χ3v) is 6.23. The molecule has 29 heavy (non-hydrogen) atoms. The van der Waals surface area contributed by atoms with Gasteiger partial charge in [-0.1, -0.05) is 92.2 Å². The van der Waals surface area contributed by atoms with Crippen molar-refractivity contribution in [3.05, 3.63) is 94.5 Å². The summed E-state index contributed by atoms with van der Waals surface area (Å²) in [6.07, 6.45) is 0. The minimum absolute atomic E-state index is 0.283. The van der Waals surface area contributed by atoms with Gasteiger partial charge in [-0.15, -0.1) is 0 Å². The number of piperazine rings is 1. The lowest BCUT2D eigenvalue weighted by Gasteiger charge is -2.37. The molecule has 1 heterocycles. The van der Waals surface area contributed by atoms with Crippen molar-refractivity contribution in [2.45, 2.75) is 32.4 Å². The van der Waals surface area contributed by atoms with Crippen LogP contribution in [-0.2, 0) is 6.54 Å². The second-order valence-corrected chi connectivity index (χ2v) is 8.52. The van der Waals surface area contributed by atoms with E-state index in [0.29, 0.717) is 5.92 Å². The van der Waals surface area contributed by atoms with E-state index in [-0.39, 0.29) is 6.04 Å². The van der Waals surface area contributed by atoms with E-state index in [1.807, 2.05) is 12.1 Å². The number of halogens is 1. The molecule has 1 fully saturated rings. The number of hydrogen-bond acceptors (Lipinski definition) is 2. The molecule has 3 heteroatoms. The molecule has 0 radical (unpaired) electrons. The Morgan fingerprint density at radius 3 is 2.41 bits per heavy atom. The summed E-state index contributed by atoms with van der Waals surface area (Å²) in [6.45, 7) is 8.40. The zero-order valence-corrected chi connectivity index (χ0v) is 18.0. The van der Waals surface area contributed by atoms with Gasteiger partial charge < -0.3 is 5.32 Å². The predicted molar refractivity (Wildman–Crippen MR) is 123 cm³/mol. The van der Waals surface area contributed by atoms with E-state index in [9.17, 15) is 0 Å². The highest BCUT2D eigenvalue weighted by Crippen LogP contribution is 2.34. The summed E-state index contributed by atoms with van der Waals surface area (Å²) in [5, 5.41) is 4.40. The van der Waals surface area contributed by atoms with Crippen molar-refractivity contribution in [3.8, 4) is 11.1 Å². The molecule has 150 valence electrons. The zero-order chi connectivity index (χ0) is 20.2. The SMILES string of the molecule is CC(C)c1ccccc1-c1ccccc1CN1CCNCC1c1ccccc1Cl. The Morgan fingerprint density at radius 1 is 0.931 bits per heavy atom. The van der Waals surface area contributed by atoms with Crippen LogP contribution in [0.5, 0.6) is 0 Å². The molecule has 3 aromatic rings. The van der Waals surface area contributed by atoms with E-state index in [4.69, 9.17) is 11.6 Å². The molecule has 1 saturated heterocycles. The van der Waals surface area contributed by atoms with Gasteiger partial charge in [0.1, 0.15) is 0 Å². The lowest BCUT2D eigenvalue weighted by molar-refractivity contribution is 0.154. The van der Waals surface area contributed by atoms with Crippen molar-refractivity contribution in [2.24, 2.45) is 0 Å². The maximum absolute atomic E-state index is 6.55. The maximum Gasteiger partial charge on any atom is 0.0491 e. The van der Waals surface area contributed by atoms with E-state index < -0.39 is 0 Å². The van der Waals surface area contributed by atoms with Gasteiger partial charge in [0.25, 0.3) is 0 Å². The third-order valence-electron chi connectivity index (χ3n) is 5.88. The smallest absolute Gasteiger partial charge is 0.0491 e. The Morgan fingerprint density at radius 2 is 1.62 bits per heavy atom. The molecule has 0 amide bonds. The molecule has 1 unspecified atom stereocenters. The maximum atomic E-state index is 6.55. The first-order valence-electron chi connectivity index (χ1n) is 10.5. The van der Waals surface area contributed by atoms with E-state index in [2.05, 4.69) is 84.7 Å². The second kappa shape index (κ2) is 9.13. The fourth-order valence-electron chi connectivity index (χ4n) is 4.37. The van der Waals surface area contributed by atoms with Crippen LogP contribution in [0.1, 0.15) is 42.5 Å². The van der Waals surface area contributed by atoms with Gasteiger partial charge in [-0.3, -0.25) is 4.90 Å². The first-order chi connectivity index (χ1) is 14.1. The molecule has 0 bridgehead atoms. The van der Waals surface area contributed by atoms with Crippen molar-refractivity contribution in [1.82, 2.24) is 10.2 Å². The van der Waals surface area contributed by atoms with Crippen LogP contribution in [0.2, 0.25) is 5.02 Å². The van der Waals surface area contributed by atoms with Gasteiger partial charge in [0, 0.05) is 37.2 Å². The number of nitrogens with one attached hydrogen (secondary N) is 1. The van der Waals surface area contributed by atoms with Crippen LogP contribution in [0.4, 0.5) is 0 Å². The monoisotopic (exact) mass is 404 g/mol. The predicted octanol–water partition coefficient (Wildman–Crippen LogP) is 6.28. The van der Waals surface area contributed by atoms with E-state index in [1.54, 1.807) is 0 Å². The minimum atomic E-state index is 0.283. The van der Waals surface area contributed by atoms with Crippen LogP contribution in [-0.4, -0.2) is 24.5 Å². The normalized spacial score (nSPS) is 17.6. The second-order valence-electron chi connectivity index (χ2n) is 8.11. The highest BCUT2D eigenvalue weighted by atomic mass is 35.5. The van der Waals surface area contributed by atoms with Crippen molar-refractivity contribution in [3.63, 3.8) is 0 Å². The molecule has 1 N–H and O–H groups in total. The zero-order valence-electron chi connectivity index (χ0n) is 17.2. The van der Waals surface area contributed by atoms with Crippen molar-refractivity contribution < 1.29 is 0 Å². The first kappa shape index (κ1) is 20.2. The summed E-state index contributed by atoms with van der Waals surface area (Å²) in [6, 6.07) is 26.2. The highest BCUT2D eigenvalue weighted by molar-refractivity contribution is 6.31. The van der Waals surface area contributed by atoms with Gasteiger partial charge in [0.05, 0.1) is 0 Å². The molecule has 1 aliphatic rings. The van der Waals surface area contributed by atoms with Crippen LogP contribution < -0.4 is 5.32 Å². The topological polar surface area (TPSA) is 15.3 Å². The Hall–Kier alpha value is -2.13. The fourth-order valence-corrected chi connectivity index (χ4v) is 4.63. The Bertz CT molecular complexity index is 966. The van der Waals surface area contributed by atoms with Crippen LogP contribution in [0, 0.1) is 0 Å². The lowest BCUT2D eigenvalue weighted by atomic mass is 9.90. The Kier molecular flexibility index (Phi) is 6.34. The van der Waals surface area contributed by atoms with Crippen molar-refractivity contribution in [1.29, 1.82) is 0 Å². The molecule has 0 aromatic heterocycles. The molecular formula is C26H29ClN2. The number of nitrogens with zero attached hydrogens (tertiary/aromatic N) is 1.